The van der Waals surface area contributed by atoms with Crippen LogP contribution in [0.15, 0.2) is 36.6 Å². The van der Waals surface area contributed by atoms with Gasteiger partial charge in [0.1, 0.15) is 0 Å². The van der Waals surface area contributed by atoms with Crippen LogP contribution in [0.4, 0.5) is 0 Å². The molecule has 1 N–H and O–H groups in total. The van der Waals surface area contributed by atoms with E-state index in [2.05, 4.69) is 39.2 Å². The van der Waals surface area contributed by atoms with Crippen molar-refractivity contribution in [1.29, 1.82) is 0 Å². The molecule has 2 aromatic rings. The third-order valence-corrected chi connectivity index (χ3v) is 3.63. The predicted molar refractivity (Wildman–Crippen MR) is 79.3 cm³/mol. The summed E-state index contributed by atoms with van der Waals surface area (Å²) in [5.41, 5.74) is 3.77. The molecule has 0 spiro atoms. The number of hydrogen-bond acceptors (Lipinski definition) is 3. The van der Waals surface area contributed by atoms with Crippen LogP contribution in [0.2, 0.25) is 0 Å². The van der Waals surface area contributed by atoms with E-state index in [0.717, 1.165) is 50.3 Å². The van der Waals surface area contributed by atoms with Crippen molar-refractivity contribution >= 4 is 0 Å². The van der Waals surface area contributed by atoms with E-state index in [1.807, 2.05) is 23.4 Å². The highest BCUT2D eigenvalue weighted by Crippen LogP contribution is 2.20. The number of aromatic nitrogens is 4. The van der Waals surface area contributed by atoms with Crippen molar-refractivity contribution in [2.24, 2.45) is 0 Å². The normalized spacial score (nSPS) is 15.3. The van der Waals surface area contributed by atoms with Crippen molar-refractivity contribution in [3.63, 3.8) is 0 Å². The summed E-state index contributed by atoms with van der Waals surface area (Å²) in [6.45, 7) is 6.11. The quantitative estimate of drug-likeness (QED) is 0.847. The molecule has 1 aliphatic heterocycles. The van der Waals surface area contributed by atoms with Crippen molar-refractivity contribution in [2.45, 2.75) is 32.9 Å². The molecule has 106 valence electrons. The molecular weight excluding hydrogens is 250 g/mol. The monoisotopic (exact) mass is 271 g/mol. The molecule has 0 fully saturated rings. The minimum absolute atomic E-state index is 0.927. The summed E-state index contributed by atoms with van der Waals surface area (Å²) >= 11 is 0. The van der Waals surface area contributed by atoms with Crippen LogP contribution in [0.3, 0.4) is 0 Å². The first-order chi connectivity index (χ1) is 9.86. The van der Waals surface area contributed by atoms with Crippen molar-refractivity contribution < 1.29 is 0 Å². The first-order valence-corrected chi connectivity index (χ1v) is 7.28. The summed E-state index contributed by atoms with van der Waals surface area (Å²) in [6.07, 6.45) is 12.4. The molecule has 1 aliphatic rings. The average molecular weight is 271 g/mol. The molecule has 0 aromatic carbocycles. The molecule has 5 nitrogen and oxygen atoms in total. The minimum atomic E-state index is 0.927. The Bertz CT molecular complexity index is 593. The topological polar surface area (TPSA) is 47.7 Å². The smallest absolute Gasteiger partial charge is 0.0954 e. The number of hydrogen-bond donors (Lipinski definition) is 1. The molecule has 2 aromatic heterocycles. The van der Waals surface area contributed by atoms with Gasteiger partial charge in [0.25, 0.3) is 0 Å². The summed E-state index contributed by atoms with van der Waals surface area (Å²) < 4.78 is 4.21. The van der Waals surface area contributed by atoms with E-state index >= 15 is 0 Å². The Morgan fingerprint density at radius 3 is 3.10 bits per heavy atom. The molecule has 0 aliphatic carbocycles. The van der Waals surface area contributed by atoms with E-state index in [0.29, 0.717) is 0 Å². The molecule has 0 saturated heterocycles. The van der Waals surface area contributed by atoms with Crippen molar-refractivity contribution in [2.75, 3.05) is 13.1 Å². The zero-order chi connectivity index (χ0) is 13.8. The van der Waals surface area contributed by atoms with Gasteiger partial charge in [-0.1, -0.05) is 18.6 Å². The number of rotatable bonds is 5. The van der Waals surface area contributed by atoms with Crippen LogP contribution >= 0.6 is 0 Å². The minimum Gasteiger partial charge on any atom is -0.326 e. The fourth-order valence-corrected chi connectivity index (χ4v) is 2.57. The van der Waals surface area contributed by atoms with Crippen LogP contribution < -0.4 is 5.32 Å². The van der Waals surface area contributed by atoms with Gasteiger partial charge < -0.3 is 9.88 Å². The SMILES string of the molecule is CCCn1cc(-c2cncn2CC2=CCNCC2)cn1. The zero-order valence-corrected chi connectivity index (χ0v) is 11.9. The number of imidazole rings is 1. The highest BCUT2D eigenvalue weighted by molar-refractivity contribution is 5.56. The molecule has 0 bridgehead atoms. The first-order valence-electron chi connectivity index (χ1n) is 7.28. The van der Waals surface area contributed by atoms with Gasteiger partial charge in [-0.05, 0) is 19.4 Å². The lowest BCUT2D eigenvalue weighted by atomic mass is 10.1. The maximum absolute atomic E-state index is 4.40. The second-order valence-electron chi connectivity index (χ2n) is 5.22. The van der Waals surface area contributed by atoms with Gasteiger partial charge in [0.05, 0.1) is 24.4 Å². The van der Waals surface area contributed by atoms with Gasteiger partial charge in [0.2, 0.25) is 0 Å². The zero-order valence-electron chi connectivity index (χ0n) is 11.9. The van der Waals surface area contributed by atoms with Crippen LogP contribution in [0.5, 0.6) is 0 Å². The molecule has 0 saturated carbocycles. The summed E-state index contributed by atoms with van der Waals surface area (Å²) in [6, 6.07) is 0. The lowest BCUT2D eigenvalue weighted by Crippen LogP contribution is -2.22. The van der Waals surface area contributed by atoms with Gasteiger partial charge in [-0.25, -0.2) is 4.98 Å². The summed E-state index contributed by atoms with van der Waals surface area (Å²) in [5, 5.41) is 7.74. The second-order valence-corrected chi connectivity index (χ2v) is 5.22. The van der Waals surface area contributed by atoms with Gasteiger partial charge in [-0.3, -0.25) is 4.68 Å². The van der Waals surface area contributed by atoms with E-state index < -0.39 is 0 Å². The van der Waals surface area contributed by atoms with E-state index in [9.17, 15) is 0 Å². The summed E-state index contributed by atoms with van der Waals surface area (Å²) in [5.74, 6) is 0. The molecular formula is C15H21N5. The Morgan fingerprint density at radius 1 is 1.35 bits per heavy atom. The third kappa shape index (κ3) is 2.82. The Balaban J connectivity index is 1.79. The molecule has 0 amide bonds. The molecule has 3 rings (SSSR count). The number of nitrogens with zero attached hydrogens (tertiary/aromatic N) is 4. The summed E-state index contributed by atoms with van der Waals surface area (Å²) in [4.78, 5) is 4.30. The highest BCUT2D eigenvalue weighted by Gasteiger charge is 2.10. The van der Waals surface area contributed by atoms with Crippen molar-refractivity contribution in [3.8, 4) is 11.3 Å². The standard InChI is InChI=1S/C15H21N5/c1-2-7-20-11-14(8-18-20)15-9-17-12-19(15)10-13-3-5-16-6-4-13/h3,8-9,11-12,16H,2,4-7,10H2,1H3. The van der Waals surface area contributed by atoms with Crippen molar-refractivity contribution in [3.05, 3.63) is 36.6 Å². The lowest BCUT2D eigenvalue weighted by Gasteiger charge is -2.15. The summed E-state index contributed by atoms with van der Waals surface area (Å²) in [7, 11) is 0. The fraction of sp³-hybridized carbons (Fsp3) is 0.467. The number of aryl methyl sites for hydroxylation is 1. The molecule has 0 radical (unpaired) electrons. The number of nitrogens with one attached hydrogen (secondary N) is 1. The van der Waals surface area contributed by atoms with Gasteiger partial charge in [0, 0.05) is 31.4 Å². The second kappa shape index (κ2) is 6.05. The molecule has 20 heavy (non-hydrogen) atoms. The average Bonchev–Trinajstić information content (AvgIpc) is 3.09. The van der Waals surface area contributed by atoms with Crippen LogP contribution in [0.1, 0.15) is 19.8 Å². The van der Waals surface area contributed by atoms with Crippen LogP contribution in [0, 0.1) is 0 Å². The van der Waals surface area contributed by atoms with Gasteiger partial charge in [-0.15, -0.1) is 0 Å². The van der Waals surface area contributed by atoms with Crippen LogP contribution in [0.25, 0.3) is 11.3 Å². The Kier molecular flexibility index (Phi) is 3.97. The van der Waals surface area contributed by atoms with Gasteiger partial charge in [-0.2, -0.15) is 5.10 Å². The van der Waals surface area contributed by atoms with Crippen molar-refractivity contribution in [1.82, 2.24) is 24.6 Å². The maximum Gasteiger partial charge on any atom is 0.0954 e. The molecule has 0 atom stereocenters. The maximum atomic E-state index is 4.40. The van der Waals surface area contributed by atoms with Crippen LogP contribution in [-0.4, -0.2) is 32.4 Å². The highest BCUT2D eigenvalue weighted by atomic mass is 15.3. The Labute approximate surface area is 119 Å². The largest absolute Gasteiger partial charge is 0.326 e. The van der Waals surface area contributed by atoms with E-state index in [-0.39, 0.29) is 0 Å². The third-order valence-electron chi connectivity index (χ3n) is 3.63. The molecule has 5 heteroatoms. The lowest BCUT2D eigenvalue weighted by molar-refractivity contribution is 0.603. The Morgan fingerprint density at radius 2 is 2.30 bits per heavy atom. The van der Waals surface area contributed by atoms with E-state index in [4.69, 9.17) is 0 Å². The van der Waals surface area contributed by atoms with E-state index in [1.165, 1.54) is 5.57 Å². The van der Waals surface area contributed by atoms with Gasteiger partial charge in [0.15, 0.2) is 0 Å². The van der Waals surface area contributed by atoms with E-state index in [1.54, 1.807) is 0 Å². The van der Waals surface area contributed by atoms with Gasteiger partial charge >= 0.3 is 0 Å². The molecule has 0 unspecified atom stereocenters. The van der Waals surface area contributed by atoms with Crippen LogP contribution in [-0.2, 0) is 13.1 Å². The predicted octanol–water partition coefficient (Wildman–Crippen LogP) is 2.08. The Hall–Kier alpha value is -1.88. The fourth-order valence-electron chi connectivity index (χ4n) is 2.57. The molecule has 3 heterocycles. The first kappa shape index (κ1) is 13.1.